The Morgan fingerprint density at radius 2 is 1.34 bits per heavy atom. The van der Waals surface area contributed by atoms with Crippen LogP contribution >= 0.6 is 0 Å². The van der Waals surface area contributed by atoms with Gasteiger partial charge in [0.2, 0.25) is 0 Å². The average molecular weight is 465 g/mol. The molecule has 13 nitrogen and oxygen atoms in total. The predicted molar refractivity (Wildman–Crippen MR) is 105 cm³/mol. The van der Waals surface area contributed by atoms with Crippen LogP contribution < -0.4 is 5.73 Å². The number of carboxylic acids is 1. The van der Waals surface area contributed by atoms with Crippen LogP contribution in [0.2, 0.25) is 0 Å². The second-order valence-corrected chi connectivity index (χ2v) is 6.60. The van der Waals surface area contributed by atoms with E-state index in [0.29, 0.717) is 6.54 Å². The number of aliphatic carboxylic acids is 1. The van der Waals surface area contributed by atoms with Crippen molar-refractivity contribution in [2.24, 2.45) is 11.7 Å². The molecule has 0 aromatic rings. The zero-order chi connectivity index (χ0) is 24.7. The van der Waals surface area contributed by atoms with Gasteiger partial charge in [-0.1, -0.05) is 0 Å². The molecule has 0 spiro atoms. The third-order valence-corrected chi connectivity index (χ3v) is 3.87. The Balaban J connectivity index is 5.82. The van der Waals surface area contributed by atoms with E-state index in [1.807, 2.05) is 0 Å². The third-order valence-electron chi connectivity index (χ3n) is 3.87. The topological polar surface area (TPSA) is 198 Å². The zero-order valence-electron chi connectivity index (χ0n) is 18.3. The van der Waals surface area contributed by atoms with Crippen LogP contribution in [-0.4, -0.2) is 97.8 Å². The van der Waals surface area contributed by atoms with Crippen molar-refractivity contribution in [3.8, 4) is 0 Å². The molecule has 0 rings (SSSR count). The number of esters is 3. The third kappa shape index (κ3) is 12.3. The number of rotatable bonds is 17. The molecule has 0 amide bonds. The van der Waals surface area contributed by atoms with Gasteiger partial charge in [0, 0.05) is 27.3 Å². The van der Waals surface area contributed by atoms with E-state index in [9.17, 15) is 34.2 Å². The van der Waals surface area contributed by atoms with Gasteiger partial charge in [-0.2, -0.15) is 0 Å². The Kier molecular flexibility index (Phi) is 14.8. The lowest BCUT2D eigenvalue weighted by Crippen LogP contribution is -2.52. The van der Waals surface area contributed by atoms with E-state index in [1.54, 1.807) is 0 Å². The van der Waals surface area contributed by atoms with E-state index in [1.165, 1.54) is 0 Å². The average Bonchev–Trinajstić information content (AvgIpc) is 2.69. The largest absolute Gasteiger partial charge is 0.481 e. The minimum absolute atomic E-state index is 0.00382. The SMILES string of the molecule is CC(=O)OC(CO)C(OC(C)=O)C(OC(C)=O)C(CC(=O)O)C(=O)COCCOCCN. The second kappa shape index (κ2) is 16.1. The maximum absolute atomic E-state index is 12.8. The van der Waals surface area contributed by atoms with Crippen LogP contribution in [0.15, 0.2) is 0 Å². The van der Waals surface area contributed by atoms with Gasteiger partial charge < -0.3 is 39.6 Å². The first-order valence-corrected chi connectivity index (χ1v) is 9.76. The number of hydrogen-bond acceptors (Lipinski definition) is 12. The van der Waals surface area contributed by atoms with Gasteiger partial charge in [-0.15, -0.1) is 0 Å². The monoisotopic (exact) mass is 465 g/mol. The maximum atomic E-state index is 12.8. The number of Topliss-reactive ketones (excluding diaryl/α,β-unsaturated/α-hetero) is 1. The fraction of sp³-hybridized carbons (Fsp3) is 0.737. The van der Waals surface area contributed by atoms with Crippen LogP contribution in [0.4, 0.5) is 0 Å². The van der Waals surface area contributed by atoms with Crippen LogP contribution in [0.25, 0.3) is 0 Å². The van der Waals surface area contributed by atoms with E-state index < -0.39 is 73.5 Å². The number of aliphatic hydroxyl groups is 1. The van der Waals surface area contributed by atoms with Crippen LogP contribution in [0, 0.1) is 5.92 Å². The fourth-order valence-electron chi connectivity index (χ4n) is 2.72. The Morgan fingerprint density at radius 3 is 1.81 bits per heavy atom. The molecule has 4 unspecified atom stereocenters. The van der Waals surface area contributed by atoms with Crippen molar-refractivity contribution in [3.05, 3.63) is 0 Å². The van der Waals surface area contributed by atoms with E-state index in [4.69, 9.17) is 29.4 Å². The van der Waals surface area contributed by atoms with Crippen LogP contribution in [0.5, 0.6) is 0 Å². The highest BCUT2D eigenvalue weighted by atomic mass is 16.6. The minimum Gasteiger partial charge on any atom is -0.481 e. The molecule has 0 saturated carbocycles. The van der Waals surface area contributed by atoms with Gasteiger partial charge in [-0.05, 0) is 0 Å². The van der Waals surface area contributed by atoms with Crippen molar-refractivity contribution in [1.29, 1.82) is 0 Å². The van der Waals surface area contributed by atoms with Gasteiger partial charge in [0.25, 0.3) is 0 Å². The number of nitrogens with two attached hydrogens (primary N) is 1. The van der Waals surface area contributed by atoms with Crippen LogP contribution in [0.3, 0.4) is 0 Å². The molecule has 13 heteroatoms. The summed E-state index contributed by atoms with van der Waals surface area (Å²) in [5.74, 6) is -6.44. The smallest absolute Gasteiger partial charge is 0.304 e. The molecule has 0 aromatic carbocycles. The fourth-order valence-corrected chi connectivity index (χ4v) is 2.72. The molecule has 0 saturated heterocycles. The first-order valence-electron chi connectivity index (χ1n) is 9.76. The summed E-state index contributed by atoms with van der Waals surface area (Å²) in [6.45, 7) is 2.31. The number of hydrogen-bond donors (Lipinski definition) is 3. The Hall–Kier alpha value is -2.61. The van der Waals surface area contributed by atoms with E-state index in [2.05, 4.69) is 0 Å². The summed E-state index contributed by atoms with van der Waals surface area (Å²) in [5, 5.41) is 18.9. The molecular weight excluding hydrogens is 434 g/mol. The van der Waals surface area contributed by atoms with Crippen molar-refractivity contribution < 1.29 is 57.9 Å². The Bertz CT molecular complexity index is 638. The van der Waals surface area contributed by atoms with Crippen molar-refractivity contribution in [3.63, 3.8) is 0 Å². The Labute approximate surface area is 185 Å². The van der Waals surface area contributed by atoms with Gasteiger partial charge in [0.05, 0.1) is 38.8 Å². The first kappa shape index (κ1) is 29.4. The van der Waals surface area contributed by atoms with Gasteiger partial charge >= 0.3 is 23.9 Å². The number of ether oxygens (including phenoxy) is 5. The van der Waals surface area contributed by atoms with Crippen molar-refractivity contribution in [2.45, 2.75) is 45.5 Å². The van der Waals surface area contributed by atoms with Crippen molar-refractivity contribution in [1.82, 2.24) is 0 Å². The first-order chi connectivity index (χ1) is 15.0. The number of ketones is 1. The summed E-state index contributed by atoms with van der Waals surface area (Å²) in [6.07, 6.45) is -5.70. The molecule has 0 aliphatic rings. The van der Waals surface area contributed by atoms with Crippen molar-refractivity contribution in [2.75, 3.05) is 39.6 Å². The molecule has 0 fully saturated rings. The van der Waals surface area contributed by atoms with Crippen LogP contribution in [-0.2, 0) is 47.7 Å². The van der Waals surface area contributed by atoms with E-state index in [0.717, 1.165) is 20.8 Å². The van der Waals surface area contributed by atoms with Gasteiger partial charge in [-0.25, -0.2) is 0 Å². The summed E-state index contributed by atoms with van der Waals surface area (Å²) < 4.78 is 25.4. The second-order valence-electron chi connectivity index (χ2n) is 6.60. The summed E-state index contributed by atoms with van der Waals surface area (Å²) in [4.78, 5) is 58.9. The maximum Gasteiger partial charge on any atom is 0.304 e. The quantitative estimate of drug-likeness (QED) is 0.126. The number of carbonyl (C=O) groups excluding carboxylic acids is 4. The van der Waals surface area contributed by atoms with E-state index >= 15 is 0 Å². The minimum atomic E-state index is -1.69. The molecule has 0 bridgehead atoms. The van der Waals surface area contributed by atoms with E-state index in [-0.39, 0.29) is 19.8 Å². The lowest BCUT2D eigenvalue weighted by Gasteiger charge is -2.34. The summed E-state index contributed by atoms with van der Waals surface area (Å²) in [5.41, 5.74) is 5.28. The summed E-state index contributed by atoms with van der Waals surface area (Å²) >= 11 is 0. The summed E-state index contributed by atoms with van der Waals surface area (Å²) in [6, 6.07) is 0. The highest BCUT2D eigenvalue weighted by Crippen LogP contribution is 2.24. The van der Waals surface area contributed by atoms with Crippen molar-refractivity contribution >= 4 is 29.7 Å². The highest BCUT2D eigenvalue weighted by molar-refractivity contribution is 5.87. The Morgan fingerprint density at radius 1 is 0.812 bits per heavy atom. The standard InChI is InChI=1S/C19H31NO12/c1-11(22)30-16(9-21)19(32-13(3)24)18(31-12(2)23)14(8-17(26)27)15(25)10-29-7-6-28-5-4-20/h14,16,18-19,21H,4-10,20H2,1-3H3,(H,26,27). The van der Waals surface area contributed by atoms with Crippen LogP contribution in [0.1, 0.15) is 27.2 Å². The zero-order valence-corrected chi connectivity index (χ0v) is 18.3. The molecule has 0 aliphatic carbocycles. The molecule has 0 aromatic heterocycles. The number of carboxylic acid groups (broad SMARTS) is 1. The normalized spacial score (nSPS) is 14.5. The predicted octanol–water partition coefficient (Wildman–Crippen LogP) is -1.57. The molecule has 4 N–H and O–H groups in total. The lowest BCUT2D eigenvalue weighted by atomic mass is 9.88. The molecule has 0 heterocycles. The highest BCUT2D eigenvalue weighted by Gasteiger charge is 2.44. The van der Waals surface area contributed by atoms with Gasteiger partial charge in [0.1, 0.15) is 6.61 Å². The number of carbonyl (C=O) groups is 5. The summed E-state index contributed by atoms with van der Waals surface area (Å²) in [7, 11) is 0. The molecule has 0 radical (unpaired) electrons. The number of aliphatic hydroxyl groups excluding tert-OH is 1. The van der Waals surface area contributed by atoms with Gasteiger partial charge in [0.15, 0.2) is 24.1 Å². The molecule has 0 aliphatic heterocycles. The molecule has 184 valence electrons. The van der Waals surface area contributed by atoms with Gasteiger partial charge in [-0.3, -0.25) is 24.0 Å². The molecule has 4 atom stereocenters. The molecular formula is C19H31NO12. The molecule has 32 heavy (non-hydrogen) atoms. The lowest BCUT2D eigenvalue weighted by molar-refractivity contribution is -0.193.